The number of hydrogen-bond acceptors (Lipinski definition) is 6. The Morgan fingerprint density at radius 3 is 2.89 bits per heavy atom. The number of pyridine rings is 1. The second-order valence-corrected chi connectivity index (χ2v) is 4.77. The van der Waals surface area contributed by atoms with Crippen LogP contribution in [0.2, 0.25) is 0 Å². The largest absolute Gasteiger partial charge is 0.477 e. The molecule has 2 heterocycles. The van der Waals surface area contributed by atoms with Crippen LogP contribution in [-0.2, 0) is 6.42 Å². The molecule has 6 nitrogen and oxygen atoms in total. The zero-order chi connectivity index (χ0) is 13.7. The third kappa shape index (κ3) is 3.41. The van der Waals surface area contributed by atoms with Gasteiger partial charge in [0.15, 0.2) is 5.84 Å². The lowest BCUT2D eigenvalue weighted by Crippen LogP contribution is -2.13. The van der Waals surface area contributed by atoms with E-state index in [2.05, 4.69) is 15.1 Å². The highest BCUT2D eigenvalue weighted by atomic mass is 32.1. The predicted molar refractivity (Wildman–Crippen MR) is 72.8 cm³/mol. The average Bonchev–Trinajstić information content (AvgIpc) is 2.84. The Kier molecular flexibility index (Phi) is 4.30. The molecular weight excluding hydrogens is 264 g/mol. The number of nitrogens with two attached hydrogens (primary N) is 1. The summed E-state index contributed by atoms with van der Waals surface area (Å²) in [6, 6.07) is 3.38. The van der Waals surface area contributed by atoms with Gasteiger partial charge in [0.25, 0.3) is 0 Å². The molecule has 0 aromatic carbocycles. The molecule has 0 atom stereocenters. The normalized spacial score (nSPS) is 11.5. The Morgan fingerprint density at radius 2 is 2.32 bits per heavy atom. The van der Waals surface area contributed by atoms with Gasteiger partial charge in [-0.25, -0.2) is 9.97 Å². The van der Waals surface area contributed by atoms with E-state index in [0.717, 1.165) is 12.1 Å². The highest BCUT2D eigenvalue weighted by molar-refractivity contribution is 7.09. The van der Waals surface area contributed by atoms with Crippen molar-refractivity contribution >= 4 is 17.2 Å². The van der Waals surface area contributed by atoms with Crippen LogP contribution in [0.4, 0.5) is 0 Å². The number of nitrogens with zero attached hydrogens (tertiary/aromatic N) is 3. The minimum absolute atomic E-state index is 0.0272. The van der Waals surface area contributed by atoms with Gasteiger partial charge in [-0.3, -0.25) is 0 Å². The molecule has 0 aliphatic carbocycles. The number of rotatable bonds is 5. The third-order valence-electron chi connectivity index (χ3n) is 2.56. The standard InChI is InChI=1S/C12H14N4O2S/c1-8-10(19-7-15-8)4-5-18-11-3-2-9(6-14-11)12(13)16-17/h2-3,6-7,17H,4-5H2,1H3,(H2,13,16). The first-order chi connectivity index (χ1) is 9.20. The summed E-state index contributed by atoms with van der Waals surface area (Å²) in [7, 11) is 0. The van der Waals surface area contributed by atoms with Gasteiger partial charge in [0.1, 0.15) is 0 Å². The maximum atomic E-state index is 8.53. The third-order valence-corrected chi connectivity index (χ3v) is 3.56. The van der Waals surface area contributed by atoms with E-state index in [1.807, 2.05) is 12.4 Å². The molecule has 0 amide bonds. The average molecular weight is 278 g/mol. The Bertz CT molecular complexity index is 565. The minimum atomic E-state index is 0.0272. The molecule has 0 fully saturated rings. The molecule has 0 saturated carbocycles. The molecule has 19 heavy (non-hydrogen) atoms. The molecule has 7 heteroatoms. The van der Waals surface area contributed by atoms with Crippen molar-refractivity contribution in [3.05, 3.63) is 40.0 Å². The zero-order valence-electron chi connectivity index (χ0n) is 10.4. The number of ether oxygens (including phenoxy) is 1. The Hall–Kier alpha value is -2.15. The van der Waals surface area contributed by atoms with Crippen molar-refractivity contribution in [1.82, 2.24) is 9.97 Å². The van der Waals surface area contributed by atoms with Crippen LogP contribution in [0.1, 0.15) is 16.1 Å². The minimum Gasteiger partial charge on any atom is -0.477 e. The van der Waals surface area contributed by atoms with Crippen molar-refractivity contribution < 1.29 is 9.94 Å². The second-order valence-electron chi connectivity index (χ2n) is 3.83. The van der Waals surface area contributed by atoms with Crippen LogP contribution in [0, 0.1) is 6.92 Å². The molecule has 0 spiro atoms. The van der Waals surface area contributed by atoms with Gasteiger partial charge in [-0.05, 0) is 13.0 Å². The van der Waals surface area contributed by atoms with E-state index in [1.54, 1.807) is 23.5 Å². The van der Waals surface area contributed by atoms with Gasteiger partial charge in [-0.2, -0.15) is 0 Å². The van der Waals surface area contributed by atoms with Crippen LogP contribution < -0.4 is 10.5 Å². The van der Waals surface area contributed by atoms with Gasteiger partial charge in [0.2, 0.25) is 5.88 Å². The number of aryl methyl sites for hydroxylation is 1. The van der Waals surface area contributed by atoms with Crippen molar-refractivity contribution in [3.8, 4) is 5.88 Å². The maximum absolute atomic E-state index is 8.53. The van der Waals surface area contributed by atoms with Gasteiger partial charge in [-0.1, -0.05) is 5.16 Å². The molecule has 2 aromatic rings. The van der Waals surface area contributed by atoms with Crippen LogP contribution in [-0.4, -0.2) is 27.6 Å². The van der Waals surface area contributed by atoms with E-state index < -0.39 is 0 Å². The van der Waals surface area contributed by atoms with Crippen molar-refractivity contribution in [2.75, 3.05) is 6.61 Å². The second kappa shape index (κ2) is 6.14. The topological polar surface area (TPSA) is 93.6 Å². The highest BCUT2D eigenvalue weighted by Crippen LogP contribution is 2.14. The molecule has 0 bridgehead atoms. The van der Waals surface area contributed by atoms with Crippen LogP contribution >= 0.6 is 11.3 Å². The molecule has 0 radical (unpaired) electrons. The van der Waals surface area contributed by atoms with Crippen LogP contribution in [0.3, 0.4) is 0 Å². The van der Waals surface area contributed by atoms with Crippen molar-refractivity contribution in [2.24, 2.45) is 10.9 Å². The summed E-state index contributed by atoms with van der Waals surface area (Å²) in [5, 5.41) is 11.4. The van der Waals surface area contributed by atoms with E-state index in [-0.39, 0.29) is 5.84 Å². The predicted octanol–water partition coefficient (Wildman–Crippen LogP) is 1.56. The first kappa shape index (κ1) is 13.3. The number of hydrogen-bond donors (Lipinski definition) is 2. The van der Waals surface area contributed by atoms with Gasteiger partial charge in [-0.15, -0.1) is 11.3 Å². The van der Waals surface area contributed by atoms with Crippen molar-refractivity contribution in [2.45, 2.75) is 13.3 Å². The summed E-state index contributed by atoms with van der Waals surface area (Å²) >= 11 is 1.62. The molecule has 100 valence electrons. The van der Waals surface area contributed by atoms with E-state index in [0.29, 0.717) is 18.1 Å². The Morgan fingerprint density at radius 1 is 1.47 bits per heavy atom. The van der Waals surface area contributed by atoms with Gasteiger partial charge in [0, 0.05) is 29.1 Å². The molecule has 2 rings (SSSR count). The van der Waals surface area contributed by atoms with E-state index >= 15 is 0 Å². The maximum Gasteiger partial charge on any atom is 0.213 e. The van der Waals surface area contributed by atoms with E-state index in [9.17, 15) is 0 Å². The van der Waals surface area contributed by atoms with Crippen LogP contribution in [0.25, 0.3) is 0 Å². The lowest BCUT2D eigenvalue weighted by molar-refractivity contribution is 0.310. The Labute approximate surface area is 114 Å². The molecule has 0 saturated heterocycles. The molecule has 0 aliphatic heterocycles. The smallest absolute Gasteiger partial charge is 0.213 e. The monoisotopic (exact) mass is 278 g/mol. The lowest BCUT2D eigenvalue weighted by Gasteiger charge is -2.05. The molecule has 0 unspecified atom stereocenters. The van der Waals surface area contributed by atoms with Crippen molar-refractivity contribution in [3.63, 3.8) is 0 Å². The van der Waals surface area contributed by atoms with E-state index in [4.69, 9.17) is 15.7 Å². The van der Waals surface area contributed by atoms with Gasteiger partial charge < -0.3 is 15.7 Å². The first-order valence-electron chi connectivity index (χ1n) is 5.66. The van der Waals surface area contributed by atoms with Crippen LogP contribution in [0.5, 0.6) is 5.88 Å². The molecule has 2 aromatic heterocycles. The number of oxime groups is 1. The molecular formula is C12H14N4O2S. The van der Waals surface area contributed by atoms with Crippen molar-refractivity contribution in [1.29, 1.82) is 0 Å². The highest BCUT2D eigenvalue weighted by Gasteiger charge is 2.03. The fraction of sp³-hybridized carbons (Fsp3) is 0.250. The Balaban J connectivity index is 1.88. The summed E-state index contributed by atoms with van der Waals surface area (Å²) in [4.78, 5) is 9.48. The number of amidine groups is 1. The molecule has 3 N–H and O–H groups in total. The fourth-order valence-electron chi connectivity index (χ4n) is 1.49. The lowest BCUT2D eigenvalue weighted by atomic mass is 10.3. The summed E-state index contributed by atoms with van der Waals surface area (Å²) in [6.45, 7) is 2.52. The number of thiazole rings is 1. The zero-order valence-corrected chi connectivity index (χ0v) is 11.2. The summed E-state index contributed by atoms with van der Waals surface area (Å²) in [5.74, 6) is 0.538. The molecule has 0 aliphatic rings. The quantitative estimate of drug-likeness (QED) is 0.375. The fourth-order valence-corrected chi connectivity index (χ4v) is 2.25. The number of aromatic nitrogens is 2. The van der Waals surface area contributed by atoms with Crippen LogP contribution in [0.15, 0.2) is 29.0 Å². The summed E-state index contributed by atoms with van der Waals surface area (Å²) in [6.07, 6.45) is 2.31. The first-order valence-corrected chi connectivity index (χ1v) is 6.54. The van der Waals surface area contributed by atoms with Gasteiger partial charge >= 0.3 is 0 Å². The summed E-state index contributed by atoms with van der Waals surface area (Å²) < 4.78 is 5.53. The van der Waals surface area contributed by atoms with Gasteiger partial charge in [0.05, 0.1) is 17.8 Å². The summed E-state index contributed by atoms with van der Waals surface area (Å²) in [5.41, 5.74) is 8.86. The van der Waals surface area contributed by atoms with E-state index in [1.165, 1.54) is 11.1 Å². The SMILES string of the molecule is Cc1ncsc1CCOc1ccc(/C(N)=N/O)cn1.